The summed E-state index contributed by atoms with van der Waals surface area (Å²) in [6.07, 6.45) is 6.38. The molecule has 1 aromatic carbocycles. The lowest BCUT2D eigenvalue weighted by molar-refractivity contribution is 0.00799. The van der Waals surface area contributed by atoms with Gasteiger partial charge in [-0.2, -0.15) is 0 Å². The van der Waals surface area contributed by atoms with Gasteiger partial charge in [0.15, 0.2) is 0 Å². The van der Waals surface area contributed by atoms with E-state index < -0.39 is 5.60 Å². The number of hydrogen-bond acceptors (Lipinski definition) is 1. The molecule has 0 saturated carbocycles. The number of aliphatic hydroxyl groups is 1. The van der Waals surface area contributed by atoms with Crippen LogP contribution in [0.3, 0.4) is 0 Å². The molecule has 1 nitrogen and oxygen atoms in total. The van der Waals surface area contributed by atoms with Crippen LogP contribution in [-0.2, 0) is 12.0 Å². The van der Waals surface area contributed by atoms with Crippen molar-refractivity contribution in [1.29, 1.82) is 0 Å². The van der Waals surface area contributed by atoms with Gasteiger partial charge in [0.2, 0.25) is 0 Å². The van der Waals surface area contributed by atoms with Gasteiger partial charge in [0, 0.05) is 0 Å². The van der Waals surface area contributed by atoms with Crippen LogP contribution < -0.4 is 0 Å². The quantitative estimate of drug-likeness (QED) is 0.800. The monoisotopic (exact) mass is 204 g/mol. The number of unbranched alkanes of at least 4 members (excludes halogenated alkanes) is 1. The third-order valence-electron chi connectivity index (χ3n) is 3.50. The lowest BCUT2D eigenvalue weighted by Gasteiger charge is -2.34. The lowest BCUT2D eigenvalue weighted by Crippen LogP contribution is -2.30. The number of fused-ring (bicyclic) bond motifs is 1. The van der Waals surface area contributed by atoms with Gasteiger partial charge < -0.3 is 5.11 Å². The first-order valence-electron chi connectivity index (χ1n) is 6.07. The van der Waals surface area contributed by atoms with Crippen molar-refractivity contribution in [1.82, 2.24) is 0 Å². The number of rotatable bonds is 3. The molecule has 1 aliphatic carbocycles. The highest BCUT2D eigenvalue weighted by atomic mass is 16.3. The summed E-state index contributed by atoms with van der Waals surface area (Å²) in [5.41, 5.74) is 2.00. The van der Waals surface area contributed by atoms with Gasteiger partial charge in [-0.05, 0) is 36.8 Å². The molecule has 1 N–H and O–H groups in total. The fourth-order valence-electron chi connectivity index (χ4n) is 2.63. The molecule has 0 aliphatic heterocycles. The van der Waals surface area contributed by atoms with Gasteiger partial charge in [-0.1, -0.05) is 44.0 Å². The van der Waals surface area contributed by atoms with Crippen LogP contribution in [0.2, 0.25) is 0 Å². The second kappa shape index (κ2) is 4.36. The van der Waals surface area contributed by atoms with Crippen LogP contribution >= 0.6 is 0 Å². The average molecular weight is 204 g/mol. The van der Waals surface area contributed by atoms with E-state index in [-0.39, 0.29) is 0 Å². The van der Waals surface area contributed by atoms with Crippen LogP contribution in [0.25, 0.3) is 0 Å². The van der Waals surface area contributed by atoms with Crippen molar-refractivity contribution in [2.75, 3.05) is 0 Å². The van der Waals surface area contributed by atoms with Crippen LogP contribution in [-0.4, -0.2) is 5.11 Å². The summed E-state index contributed by atoms with van der Waals surface area (Å²) in [4.78, 5) is 0. The second-order valence-electron chi connectivity index (χ2n) is 4.65. The van der Waals surface area contributed by atoms with Crippen LogP contribution in [0.4, 0.5) is 0 Å². The highest BCUT2D eigenvalue weighted by Gasteiger charge is 2.32. The molecule has 2 rings (SSSR count). The molecular formula is C14H20O. The Kier molecular flexibility index (Phi) is 3.11. The van der Waals surface area contributed by atoms with Crippen molar-refractivity contribution in [3.63, 3.8) is 0 Å². The highest BCUT2D eigenvalue weighted by Crippen LogP contribution is 2.38. The Labute approximate surface area is 92.1 Å². The van der Waals surface area contributed by atoms with E-state index in [1.807, 2.05) is 6.07 Å². The third kappa shape index (κ3) is 2.07. The minimum atomic E-state index is -0.537. The Balaban J connectivity index is 2.27. The predicted octanol–water partition coefficient (Wildman–Crippen LogP) is 3.40. The second-order valence-corrected chi connectivity index (χ2v) is 4.65. The molecule has 0 aromatic heterocycles. The standard InChI is InChI=1S/C14H20O/c1-2-3-10-14(15)11-6-8-12-7-4-5-9-13(12)14/h4-5,7,9,15H,2-3,6,8,10-11H2,1H3. The van der Waals surface area contributed by atoms with E-state index in [9.17, 15) is 5.11 Å². The van der Waals surface area contributed by atoms with Gasteiger partial charge in [-0.3, -0.25) is 0 Å². The first-order valence-corrected chi connectivity index (χ1v) is 6.07. The zero-order valence-corrected chi connectivity index (χ0v) is 9.50. The third-order valence-corrected chi connectivity index (χ3v) is 3.50. The van der Waals surface area contributed by atoms with Crippen molar-refractivity contribution in [2.45, 2.75) is 51.0 Å². The molecule has 0 saturated heterocycles. The van der Waals surface area contributed by atoms with Crippen molar-refractivity contribution in [2.24, 2.45) is 0 Å². The minimum absolute atomic E-state index is 0.537. The number of aryl methyl sites for hydroxylation is 1. The van der Waals surface area contributed by atoms with Crippen LogP contribution in [0, 0.1) is 0 Å². The van der Waals surface area contributed by atoms with Gasteiger partial charge in [0.25, 0.3) is 0 Å². The van der Waals surface area contributed by atoms with E-state index >= 15 is 0 Å². The first kappa shape index (κ1) is 10.7. The number of hydrogen-bond donors (Lipinski definition) is 1. The molecule has 0 radical (unpaired) electrons. The molecule has 1 unspecified atom stereocenters. The Hall–Kier alpha value is -0.820. The zero-order chi connectivity index (χ0) is 10.7. The molecule has 1 atom stereocenters. The minimum Gasteiger partial charge on any atom is -0.385 e. The smallest absolute Gasteiger partial charge is 0.0899 e. The molecular weight excluding hydrogens is 184 g/mol. The molecule has 0 amide bonds. The summed E-state index contributed by atoms with van der Waals surface area (Å²) in [5.74, 6) is 0. The van der Waals surface area contributed by atoms with Crippen LogP contribution in [0.5, 0.6) is 0 Å². The van der Waals surface area contributed by atoms with Crippen molar-refractivity contribution < 1.29 is 5.11 Å². The summed E-state index contributed by atoms with van der Waals surface area (Å²) >= 11 is 0. The van der Waals surface area contributed by atoms with E-state index in [4.69, 9.17) is 0 Å². The van der Waals surface area contributed by atoms with Crippen LogP contribution in [0.15, 0.2) is 24.3 Å². The van der Waals surface area contributed by atoms with Gasteiger partial charge in [0.05, 0.1) is 5.60 Å². The van der Waals surface area contributed by atoms with Gasteiger partial charge >= 0.3 is 0 Å². The highest BCUT2D eigenvalue weighted by molar-refractivity contribution is 5.34. The fourth-order valence-corrected chi connectivity index (χ4v) is 2.63. The summed E-state index contributed by atoms with van der Waals surface area (Å²) < 4.78 is 0. The van der Waals surface area contributed by atoms with Gasteiger partial charge in [-0.25, -0.2) is 0 Å². The molecule has 1 aromatic rings. The fraction of sp³-hybridized carbons (Fsp3) is 0.571. The molecule has 1 heteroatoms. The van der Waals surface area contributed by atoms with E-state index in [0.29, 0.717) is 0 Å². The predicted molar refractivity (Wildman–Crippen MR) is 62.8 cm³/mol. The lowest BCUT2D eigenvalue weighted by atomic mass is 9.76. The van der Waals surface area contributed by atoms with Gasteiger partial charge in [-0.15, -0.1) is 0 Å². The maximum absolute atomic E-state index is 10.7. The van der Waals surface area contributed by atoms with E-state index in [1.54, 1.807) is 0 Å². The summed E-state index contributed by atoms with van der Waals surface area (Å²) in [6, 6.07) is 8.38. The van der Waals surface area contributed by atoms with E-state index in [1.165, 1.54) is 11.1 Å². The molecule has 0 fully saturated rings. The Morgan fingerprint density at radius 3 is 2.93 bits per heavy atom. The normalized spacial score (nSPS) is 24.9. The largest absolute Gasteiger partial charge is 0.385 e. The Bertz CT molecular complexity index is 332. The van der Waals surface area contributed by atoms with Crippen molar-refractivity contribution in [3.05, 3.63) is 35.4 Å². The van der Waals surface area contributed by atoms with Crippen molar-refractivity contribution in [3.8, 4) is 0 Å². The summed E-state index contributed by atoms with van der Waals surface area (Å²) in [6.45, 7) is 2.18. The summed E-state index contributed by atoms with van der Waals surface area (Å²) in [5, 5.41) is 10.7. The molecule has 0 heterocycles. The summed E-state index contributed by atoms with van der Waals surface area (Å²) in [7, 11) is 0. The Morgan fingerprint density at radius 2 is 2.13 bits per heavy atom. The molecule has 1 aliphatic rings. The molecule has 0 spiro atoms. The Morgan fingerprint density at radius 1 is 1.33 bits per heavy atom. The SMILES string of the molecule is CCCCC1(O)CCCc2ccccc21. The average Bonchev–Trinajstić information content (AvgIpc) is 2.27. The van der Waals surface area contributed by atoms with E-state index in [0.717, 1.165) is 38.5 Å². The van der Waals surface area contributed by atoms with Crippen LogP contribution in [0.1, 0.15) is 50.2 Å². The maximum atomic E-state index is 10.7. The number of benzene rings is 1. The molecule has 82 valence electrons. The zero-order valence-electron chi connectivity index (χ0n) is 9.50. The van der Waals surface area contributed by atoms with Crippen molar-refractivity contribution >= 4 is 0 Å². The van der Waals surface area contributed by atoms with Gasteiger partial charge in [0.1, 0.15) is 0 Å². The first-order chi connectivity index (χ1) is 7.26. The maximum Gasteiger partial charge on any atom is 0.0899 e. The molecule has 0 bridgehead atoms. The van der Waals surface area contributed by atoms with E-state index in [2.05, 4.69) is 25.1 Å². The topological polar surface area (TPSA) is 20.2 Å². The molecule has 15 heavy (non-hydrogen) atoms.